The van der Waals surface area contributed by atoms with Crippen LogP contribution in [0.5, 0.6) is 0 Å². The van der Waals surface area contributed by atoms with E-state index >= 15 is 0 Å². The number of H-pyrrole nitrogens is 1. The molecule has 0 fully saturated rings. The summed E-state index contributed by atoms with van der Waals surface area (Å²) in [6, 6.07) is 0. The Morgan fingerprint density at radius 2 is 2.06 bits per heavy atom. The minimum absolute atomic E-state index is 0.169. The van der Waals surface area contributed by atoms with Gasteiger partial charge in [-0.1, -0.05) is 0 Å². The number of thioether (sulfide) groups is 1. The maximum Gasteiger partial charge on any atom is 0.286 e. The van der Waals surface area contributed by atoms with Gasteiger partial charge in [-0.3, -0.25) is 5.10 Å². The van der Waals surface area contributed by atoms with Crippen molar-refractivity contribution in [2.45, 2.75) is 31.7 Å². The molecule has 0 aliphatic heterocycles. The van der Waals surface area contributed by atoms with E-state index in [0.29, 0.717) is 11.4 Å². The van der Waals surface area contributed by atoms with Crippen molar-refractivity contribution in [2.24, 2.45) is 0 Å². The highest BCUT2D eigenvalue weighted by atomic mass is 32.2. The molecule has 0 bridgehead atoms. The molecular formula is C11H14F2N4S. The predicted octanol–water partition coefficient (Wildman–Crippen LogP) is 3.05. The van der Waals surface area contributed by atoms with Crippen molar-refractivity contribution < 1.29 is 8.78 Å². The van der Waals surface area contributed by atoms with Gasteiger partial charge >= 0.3 is 0 Å². The number of nitrogens with one attached hydrogen (secondary N) is 1. The maximum absolute atomic E-state index is 13.3. The monoisotopic (exact) mass is 272 g/mol. The number of hydrogen-bond donors (Lipinski definition) is 1. The molecule has 0 aliphatic carbocycles. The van der Waals surface area contributed by atoms with E-state index in [0.717, 1.165) is 17.5 Å². The van der Waals surface area contributed by atoms with Crippen LogP contribution in [0.25, 0.3) is 5.82 Å². The third-order valence-corrected chi connectivity index (χ3v) is 3.60. The van der Waals surface area contributed by atoms with Gasteiger partial charge in [-0.25, -0.2) is 4.68 Å². The van der Waals surface area contributed by atoms with Gasteiger partial charge in [0, 0.05) is 18.1 Å². The van der Waals surface area contributed by atoms with Crippen molar-refractivity contribution in [3.05, 3.63) is 23.0 Å². The van der Waals surface area contributed by atoms with E-state index in [9.17, 15) is 8.78 Å². The lowest BCUT2D eigenvalue weighted by Gasteiger charge is -2.09. The first-order valence-corrected chi connectivity index (χ1v) is 6.61. The molecule has 98 valence electrons. The van der Waals surface area contributed by atoms with Crippen LogP contribution in [0, 0.1) is 13.8 Å². The van der Waals surface area contributed by atoms with Crippen LogP contribution in [0.4, 0.5) is 8.78 Å². The molecule has 2 aromatic rings. The molecule has 0 atom stereocenters. The van der Waals surface area contributed by atoms with E-state index in [-0.39, 0.29) is 5.69 Å². The SMILES string of the molecule is CSc1c(C)cnn1-c1n[nH]c(C(C)(F)F)c1C. The summed E-state index contributed by atoms with van der Waals surface area (Å²) in [6.45, 7) is 4.39. The van der Waals surface area contributed by atoms with Crippen LogP contribution in [0.1, 0.15) is 23.7 Å². The Morgan fingerprint density at radius 1 is 1.39 bits per heavy atom. The van der Waals surface area contributed by atoms with Crippen molar-refractivity contribution in [1.82, 2.24) is 20.0 Å². The van der Waals surface area contributed by atoms with Gasteiger partial charge in [-0.05, 0) is 20.1 Å². The molecular weight excluding hydrogens is 258 g/mol. The van der Waals surface area contributed by atoms with Gasteiger partial charge in [-0.2, -0.15) is 19.0 Å². The summed E-state index contributed by atoms with van der Waals surface area (Å²) < 4.78 is 28.2. The summed E-state index contributed by atoms with van der Waals surface area (Å²) in [5.41, 5.74) is 1.24. The zero-order chi connectivity index (χ0) is 13.5. The molecule has 0 radical (unpaired) electrons. The summed E-state index contributed by atoms with van der Waals surface area (Å²) in [5, 5.41) is 11.4. The quantitative estimate of drug-likeness (QED) is 0.874. The first-order valence-electron chi connectivity index (χ1n) is 5.38. The minimum atomic E-state index is -2.93. The van der Waals surface area contributed by atoms with E-state index in [1.807, 2.05) is 13.2 Å². The molecule has 0 aromatic carbocycles. The number of aryl methyl sites for hydroxylation is 1. The van der Waals surface area contributed by atoms with Gasteiger partial charge in [0.15, 0.2) is 5.82 Å². The molecule has 4 nitrogen and oxygen atoms in total. The molecule has 0 saturated carbocycles. The molecule has 0 spiro atoms. The first-order chi connectivity index (χ1) is 8.36. The highest BCUT2D eigenvalue weighted by Crippen LogP contribution is 2.31. The van der Waals surface area contributed by atoms with E-state index in [4.69, 9.17) is 0 Å². The number of aromatic nitrogens is 4. The van der Waals surface area contributed by atoms with Gasteiger partial charge < -0.3 is 0 Å². The Bertz CT molecular complexity index is 568. The van der Waals surface area contributed by atoms with Crippen molar-refractivity contribution in [2.75, 3.05) is 6.26 Å². The largest absolute Gasteiger partial charge is 0.286 e. The number of hydrogen-bond acceptors (Lipinski definition) is 3. The first kappa shape index (κ1) is 13.1. The zero-order valence-corrected chi connectivity index (χ0v) is 11.4. The van der Waals surface area contributed by atoms with E-state index in [1.165, 1.54) is 11.8 Å². The highest BCUT2D eigenvalue weighted by molar-refractivity contribution is 7.98. The number of halogens is 2. The maximum atomic E-state index is 13.3. The summed E-state index contributed by atoms with van der Waals surface area (Å²) in [4.78, 5) is 0. The van der Waals surface area contributed by atoms with Gasteiger partial charge in [-0.15, -0.1) is 11.8 Å². The Morgan fingerprint density at radius 3 is 2.56 bits per heavy atom. The summed E-state index contributed by atoms with van der Waals surface area (Å²) >= 11 is 1.51. The molecule has 2 rings (SSSR count). The van der Waals surface area contributed by atoms with Crippen LogP contribution < -0.4 is 0 Å². The van der Waals surface area contributed by atoms with Crippen LogP contribution in [0.3, 0.4) is 0 Å². The van der Waals surface area contributed by atoms with Gasteiger partial charge in [0.2, 0.25) is 0 Å². The van der Waals surface area contributed by atoms with Gasteiger partial charge in [0.25, 0.3) is 5.92 Å². The normalized spacial score (nSPS) is 12.1. The third-order valence-electron chi connectivity index (χ3n) is 2.71. The highest BCUT2D eigenvalue weighted by Gasteiger charge is 2.31. The summed E-state index contributed by atoms with van der Waals surface area (Å²) in [5.74, 6) is -2.51. The predicted molar refractivity (Wildman–Crippen MR) is 66.5 cm³/mol. The lowest BCUT2D eigenvalue weighted by Crippen LogP contribution is -2.09. The summed E-state index contributed by atoms with van der Waals surface area (Å²) in [7, 11) is 0. The van der Waals surface area contributed by atoms with Crippen molar-refractivity contribution >= 4 is 11.8 Å². The second-order valence-electron chi connectivity index (χ2n) is 4.18. The second-order valence-corrected chi connectivity index (χ2v) is 4.98. The molecule has 0 saturated heterocycles. The fourth-order valence-electron chi connectivity index (χ4n) is 1.84. The lowest BCUT2D eigenvalue weighted by atomic mass is 10.2. The molecule has 2 heterocycles. The molecule has 2 aromatic heterocycles. The van der Waals surface area contributed by atoms with Gasteiger partial charge in [0.1, 0.15) is 10.7 Å². The average Bonchev–Trinajstić information content (AvgIpc) is 2.80. The van der Waals surface area contributed by atoms with E-state index in [1.54, 1.807) is 17.8 Å². The number of rotatable bonds is 3. The fraction of sp³-hybridized carbons (Fsp3) is 0.455. The smallest absolute Gasteiger partial charge is 0.274 e. The Balaban J connectivity index is 2.56. The fourth-order valence-corrected chi connectivity index (χ4v) is 2.52. The second kappa shape index (κ2) is 4.38. The van der Waals surface area contributed by atoms with Gasteiger partial charge in [0.05, 0.1) is 6.20 Å². The van der Waals surface area contributed by atoms with Crippen LogP contribution >= 0.6 is 11.8 Å². The number of alkyl halides is 2. The number of nitrogens with zero attached hydrogens (tertiary/aromatic N) is 3. The number of aromatic amines is 1. The van der Waals surface area contributed by atoms with Crippen LogP contribution in [-0.4, -0.2) is 26.2 Å². The molecule has 1 N–H and O–H groups in total. The van der Waals surface area contributed by atoms with Crippen molar-refractivity contribution in [1.29, 1.82) is 0 Å². The van der Waals surface area contributed by atoms with Crippen molar-refractivity contribution in [3.8, 4) is 5.82 Å². The lowest BCUT2D eigenvalue weighted by molar-refractivity contribution is 0.0121. The topological polar surface area (TPSA) is 46.5 Å². The van der Waals surface area contributed by atoms with E-state index in [2.05, 4.69) is 15.3 Å². The Kier molecular flexibility index (Phi) is 3.18. The van der Waals surface area contributed by atoms with Crippen LogP contribution in [-0.2, 0) is 5.92 Å². The molecule has 7 heteroatoms. The standard InChI is InChI=1S/C11H14F2N4S/c1-6-5-14-17(10(6)18-4)9-7(2)8(15-16-9)11(3,12)13/h5H,1-4H3,(H,15,16). The van der Waals surface area contributed by atoms with E-state index < -0.39 is 5.92 Å². The Labute approximate surface area is 108 Å². The van der Waals surface area contributed by atoms with Crippen molar-refractivity contribution in [3.63, 3.8) is 0 Å². The molecule has 18 heavy (non-hydrogen) atoms. The minimum Gasteiger partial charge on any atom is -0.274 e. The molecule has 0 aliphatic rings. The molecule has 0 unspecified atom stereocenters. The van der Waals surface area contributed by atoms with Crippen LogP contribution in [0.2, 0.25) is 0 Å². The molecule has 0 amide bonds. The third kappa shape index (κ3) is 2.03. The zero-order valence-electron chi connectivity index (χ0n) is 10.6. The summed E-state index contributed by atoms with van der Waals surface area (Å²) in [6.07, 6.45) is 3.61. The Hall–Kier alpha value is -1.37. The van der Waals surface area contributed by atoms with Crippen LogP contribution in [0.15, 0.2) is 11.2 Å². The average molecular weight is 272 g/mol.